The Labute approximate surface area is 276 Å². The van der Waals surface area contributed by atoms with Gasteiger partial charge in [-0.2, -0.15) is 0 Å². The van der Waals surface area contributed by atoms with Crippen LogP contribution in [0.2, 0.25) is 0 Å². The number of benzene rings is 8. The van der Waals surface area contributed by atoms with E-state index in [9.17, 15) is 0 Å². The molecule has 0 saturated heterocycles. The Hall–Kier alpha value is -6.52. The molecule has 10 aromatic rings. The number of rotatable bonds is 4. The minimum absolute atomic E-state index is 0.931. The van der Waals surface area contributed by atoms with Crippen molar-refractivity contribution >= 4 is 54.4 Å². The summed E-state index contributed by atoms with van der Waals surface area (Å²) >= 11 is 0. The van der Waals surface area contributed by atoms with Crippen molar-refractivity contribution in [3.8, 4) is 34.2 Å². The summed E-state index contributed by atoms with van der Waals surface area (Å²) in [6.45, 7) is 0. The van der Waals surface area contributed by atoms with Crippen molar-refractivity contribution in [3.05, 3.63) is 170 Å². The summed E-state index contributed by atoms with van der Waals surface area (Å²) < 4.78 is 4.56. The van der Waals surface area contributed by atoms with Crippen LogP contribution in [-0.4, -0.2) is 19.1 Å². The molecule has 0 N–H and O–H groups in total. The predicted octanol–water partition coefficient (Wildman–Crippen LogP) is 11.2. The Morgan fingerprint density at radius 2 is 0.896 bits per heavy atom. The van der Waals surface area contributed by atoms with Gasteiger partial charge in [-0.1, -0.05) is 109 Å². The second kappa shape index (κ2) is 10.5. The highest BCUT2D eigenvalue weighted by Gasteiger charge is 2.21. The summed E-state index contributed by atoms with van der Waals surface area (Å²) in [4.78, 5) is 10.4. The van der Waals surface area contributed by atoms with Crippen molar-refractivity contribution in [1.82, 2.24) is 19.1 Å². The lowest BCUT2D eigenvalue weighted by atomic mass is 9.92. The summed E-state index contributed by atoms with van der Waals surface area (Å²) in [5.41, 5.74) is 8.54. The van der Waals surface area contributed by atoms with Gasteiger partial charge in [0.05, 0.1) is 22.1 Å². The normalized spacial score (nSPS) is 11.8. The highest BCUT2D eigenvalue weighted by atomic mass is 15.1. The molecule has 224 valence electrons. The molecule has 4 nitrogen and oxygen atoms in total. The average molecular weight is 613 g/mol. The summed E-state index contributed by atoms with van der Waals surface area (Å²) in [7, 11) is 0. The van der Waals surface area contributed by atoms with Gasteiger partial charge in [0.15, 0.2) is 0 Å². The van der Waals surface area contributed by atoms with Crippen LogP contribution in [0.4, 0.5) is 0 Å². The van der Waals surface area contributed by atoms with Crippen molar-refractivity contribution in [3.63, 3.8) is 0 Å². The molecule has 0 atom stereocenters. The second-order valence-electron chi connectivity index (χ2n) is 12.3. The molecule has 0 amide bonds. The minimum atomic E-state index is 0.931. The molecule has 8 aromatic carbocycles. The van der Waals surface area contributed by atoms with Crippen LogP contribution in [0.1, 0.15) is 0 Å². The Kier molecular flexibility index (Phi) is 5.84. The molecule has 0 aliphatic heterocycles. The number of imidazole rings is 2. The number of para-hydroxylation sites is 6. The molecule has 0 bridgehead atoms. The van der Waals surface area contributed by atoms with Gasteiger partial charge in [-0.15, -0.1) is 0 Å². The first-order valence-electron chi connectivity index (χ1n) is 16.3. The van der Waals surface area contributed by atoms with Crippen LogP contribution in [0.5, 0.6) is 0 Å². The molecular formula is C44H28N4. The lowest BCUT2D eigenvalue weighted by Crippen LogP contribution is -1.99. The van der Waals surface area contributed by atoms with Gasteiger partial charge in [0.25, 0.3) is 0 Å². The number of hydrogen-bond donors (Lipinski definition) is 0. The van der Waals surface area contributed by atoms with Crippen LogP contribution in [0, 0.1) is 0 Å². The lowest BCUT2D eigenvalue weighted by molar-refractivity contribution is 1.10. The van der Waals surface area contributed by atoms with Gasteiger partial charge in [0.2, 0.25) is 0 Å². The SMILES string of the molecule is c1ccc(-n2c(-c3ccc4c(ccc5c(-c6nc7ccccc7n6-c6ccccc6)c6ccccc6cc54)c3)nc3ccccc32)cc1. The maximum Gasteiger partial charge on any atom is 0.146 e. The molecule has 0 unspecified atom stereocenters. The topological polar surface area (TPSA) is 35.6 Å². The fourth-order valence-electron chi connectivity index (χ4n) is 7.35. The number of nitrogens with zero attached hydrogens (tertiary/aromatic N) is 4. The van der Waals surface area contributed by atoms with Gasteiger partial charge in [-0.3, -0.25) is 9.13 Å². The van der Waals surface area contributed by atoms with E-state index in [4.69, 9.17) is 9.97 Å². The first-order valence-corrected chi connectivity index (χ1v) is 16.3. The quantitative estimate of drug-likeness (QED) is 0.146. The fourth-order valence-corrected chi connectivity index (χ4v) is 7.35. The van der Waals surface area contributed by atoms with E-state index in [0.717, 1.165) is 56.2 Å². The molecule has 0 spiro atoms. The maximum atomic E-state index is 5.30. The Balaban J connectivity index is 1.25. The summed E-state index contributed by atoms with van der Waals surface area (Å²) in [5.74, 6) is 1.87. The third-order valence-corrected chi connectivity index (χ3v) is 9.49. The van der Waals surface area contributed by atoms with Gasteiger partial charge in [-0.05, 0) is 93.0 Å². The highest BCUT2D eigenvalue weighted by molar-refractivity contribution is 6.20. The predicted molar refractivity (Wildman–Crippen MR) is 199 cm³/mol. The highest BCUT2D eigenvalue weighted by Crippen LogP contribution is 2.42. The van der Waals surface area contributed by atoms with E-state index in [-0.39, 0.29) is 0 Å². The second-order valence-corrected chi connectivity index (χ2v) is 12.3. The molecule has 0 saturated carbocycles. The Bertz CT molecular complexity index is 2830. The van der Waals surface area contributed by atoms with E-state index in [1.54, 1.807) is 0 Å². The molecular weight excluding hydrogens is 585 g/mol. The third kappa shape index (κ3) is 4.03. The van der Waals surface area contributed by atoms with Gasteiger partial charge in [0.1, 0.15) is 11.6 Å². The number of fused-ring (bicyclic) bond motifs is 6. The molecule has 0 fully saturated rings. The van der Waals surface area contributed by atoms with E-state index in [0.29, 0.717) is 0 Å². The molecule has 2 heterocycles. The molecule has 2 aromatic heterocycles. The zero-order chi connectivity index (χ0) is 31.6. The zero-order valence-electron chi connectivity index (χ0n) is 26.0. The zero-order valence-corrected chi connectivity index (χ0v) is 26.0. The van der Waals surface area contributed by atoms with E-state index in [1.807, 2.05) is 0 Å². The van der Waals surface area contributed by atoms with E-state index in [1.165, 1.54) is 32.3 Å². The Morgan fingerprint density at radius 3 is 1.60 bits per heavy atom. The van der Waals surface area contributed by atoms with Crippen LogP contribution >= 0.6 is 0 Å². The van der Waals surface area contributed by atoms with Crippen molar-refractivity contribution in [2.45, 2.75) is 0 Å². The van der Waals surface area contributed by atoms with Crippen LogP contribution in [0.3, 0.4) is 0 Å². The summed E-state index contributed by atoms with van der Waals surface area (Å²) in [6, 6.07) is 60.1. The van der Waals surface area contributed by atoms with Gasteiger partial charge in [0, 0.05) is 22.5 Å². The van der Waals surface area contributed by atoms with Crippen molar-refractivity contribution in [1.29, 1.82) is 0 Å². The van der Waals surface area contributed by atoms with Crippen molar-refractivity contribution < 1.29 is 0 Å². The third-order valence-electron chi connectivity index (χ3n) is 9.49. The van der Waals surface area contributed by atoms with Crippen LogP contribution < -0.4 is 0 Å². The largest absolute Gasteiger partial charge is 0.292 e. The molecule has 48 heavy (non-hydrogen) atoms. The summed E-state index contributed by atoms with van der Waals surface area (Å²) in [5, 5.41) is 7.13. The van der Waals surface area contributed by atoms with Crippen LogP contribution in [-0.2, 0) is 0 Å². The maximum absolute atomic E-state index is 5.30. The van der Waals surface area contributed by atoms with Crippen molar-refractivity contribution in [2.24, 2.45) is 0 Å². The molecule has 4 heteroatoms. The molecule has 10 rings (SSSR count). The lowest BCUT2D eigenvalue weighted by Gasteiger charge is -2.16. The van der Waals surface area contributed by atoms with Crippen LogP contribution in [0.15, 0.2) is 170 Å². The minimum Gasteiger partial charge on any atom is -0.292 e. The van der Waals surface area contributed by atoms with E-state index in [2.05, 4.69) is 179 Å². The molecule has 0 aliphatic rings. The van der Waals surface area contributed by atoms with Crippen LogP contribution in [0.25, 0.3) is 88.5 Å². The number of hydrogen-bond acceptors (Lipinski definition) is 2. The molecule has 0 aliphatic carbocycles. The van der Waals surface area contributed by atoms with Crippen molar-refractivity contribution in [2.75, 3.05) is 0 Å². The first-order chi connectivity index (χ1) is 23.8. The smallest absolute Gasteiger partial charge is 0.146 e. The molecule has 0 radical (unpaired) electrons. The fraction of sp³-hybridized carbons (Fsp3) is 0. The monoisotopic (exact) mass is 612 g/mol. The Morgan fingerprint density at radius 1 is 0.354 bits per heavy atom. The van der Waals surface area contributed by atoms with Gasteiger partial charge in [-0.25, -0.2) is 9.97 Å². The average Bonchev–Trinajstić information content (AvgIpc) is 3.73. The number of aromatic nitrogens is 4. The standard InChI is InChI=1S/C44H28N4/c1-3-14-32(15-4-1)47-40-21-11-9-19-38(40)45-43(47)31-24-25-34-30(27-31)23-26-36-37(34)28-29-13-7-8-18-35(29)42(36)44-46-39-20-10-12-22-41(39)48(44)33-16-5-2-6-17-33/h1-28H. The van der Waals surface area contributed by atoms with E-state index < -0.39 is 0 Å². The first kappa shape index (κ1) is 26.7. The summed E-state index contributed by atoms with van der Waals surface area (Å²) in [6.07, 6.45) is 0. The van der Waals surface area contributed by atoms with Gasteiger partial charge >= 0.3 is 0 Å². The van der Waals surface area contributed by atoms with E-state index >= 15 is 0 Å². The van der Waals surface area contributed by atoms with Gasteiger partial charge < -0.3 is 0 Å².